The Kier molecular flexibility index (Phi) is 25.2. The fourth-order valence-corrected chi connectivity index (χ4v) is 6.57. The molecule has 3 amide bonds. The minimum atomic E-state index is -1.65. The molecule has 0 saturated carbocycles. The van der Waals surface area contributed by atoms with E-state index >= 15 is 0 Å². The van der Waals surface area contributed by atoms with E-state index in [9.17, 15) is 39.3 Å². The first-order chi connectivity index (χ1) is 25.2. The van der Waals surface area contributed by atoms with E-state index in [4.69, 9.17) is 25.7 Å². The molecule has 308 valence electrons. The third-order valence-electron chi connectivity index (χ3n) is 9.68. The predicted octanol–water partition coefficient (Wildman–Crippen LogP) is 3.43. The maximum Gasteiger partial charge on any atom is 0.305 e. The van der Waals surface area contributed by atoms with E-state index in [-0.39, 0.29) is 32.4 Å². The standard InChI is InChI=1S/C38H70N4O11/c1-5-7-8-9-10-11-12-13-14-15-16-17-18-19-20-21-32(46)51-25-30-34(47)35(33(38(50)53-30)41-27(4)43)52-26(3)24-42(37(49)28(39)6-2)29(36(40)48)22-23-31(44)45/h26,28-30,33-35,38,47,50H,5-25,39H2,1-4H3,(H2,40,48)(H,41,43)(H,44,45)/t26?,28?,29-,30+,33+,34+,35+,38-/m0/s1. The van der Waals surface area contributed by atoms with Crippen molar-refractivity contribution in [1.29, 1.82) is 0 Å². The Hall–Kier alpha value is -2.85. The van der Waals surface area contributed by atoms with E-state index in [1.165, 1.54) is 84.5 Å². The highest BCUT2D eigenvalue weighted by Gasteiger charge is 2.47. The fraction of sp³-hybridized carbons (Fsp3) is 0.868. The number of carboxylic acid groups (broad SMARTS) is 1. The van der Waals surface area contributed by atoms with Crippen molar-refractivity contribution >= 4 is 29.7 Å². The zero-order valence-electron chi connectivity index (χ0n) is 32.7. The molecule has 53 heavy (non-hydrogen) atoms. The van der Waals surface area contributed by atoms with Crippen LogP contribution in [0.4, 0.5) is 0 Å². The molecule has 1 fully saturated rings. The summed E-state index contributed by atoms with van der Waals surface area (Å²) in [4.78, 5) is 62.4. The average molecular weight is 759 g/mol. The summed E-state index contributed by atoms with van der Waals surface area (Å²) < 4.78 is 17.0. The molecule has 2 unspecified atom stereocenters. The van der Waals surface area contributed by atoms with Crippen molar-refractivity contribution in [1.82, 2.24) is 10.2 Å². The van der Waals surface area contributed by atoms with E-state index in [1.54, 1.807) is 6.92 Å². The largest absolute Gasteiger partial charge is 0.481 e. The topological polar surface area (TPSA) is 241 Å². The maximum absolute atomic E-state index is 13.2. The van der Waals surface area contributed by atoms with E-state index in [0.717, 1.165) is 24.2 Å². The summed E-state index contributed by atoms with van der Waals surface area (Å²) in [5.41, 5.74) is 11.5. The third kappa shape index (κ3) is 19.9. The molecule has 8 atom stereocenters. The number of unbranched alkanes of at least 4 members (excludes halogenated alkanes) is 14. The van der Waals surface area contributed by atoms with Gasteiger partial charge in [-0.25, -0.2) is 0 Å². The fourth-order valence-electron chi connectivity index (χ4n) is 6.57. The number of carbonyl (C=O) groups excluding carboxylic acids is 4. The van der Waals surface area contributed by atoms with Gasteiger partial charge in [0.15, 0.2) is 6.29 Å². The lowest BCUT2D eigenvalue weighted by atomic mass is 9.96. The van der Waals surface area contributed by atoms with Crippen LogP contribution >= 0.6 is 0 Å². The van der Waals surface area contributed by atoms with Crippen LogP contribution in [0.1, 0.15) is 150 Å². The van der Waals surface area contributed by atoms with Crippen LogP contribution in [-0.2, 0) is 38.2 Å². The Labute approximate surface area is 316 Å². The third-order valence-corrected chi connectivity index (χ3v) is 9.68. The van der Waals surface area contributed by atoms with Gasteiger partial charge in [-0.15, -0.1) is 0 Å². The number of nitrogens with two attached hydrogens (primary N) is 2. The molecule has 1 heterocycles. The summed E-state index contributed by atoms with van der Waals surface area (Å²) >= 11 is 0. The Morgan fingerprint density at radius 3 is 1.85 bits per heavy atom. The van der Waals surface area contributed by atoms with Gasteiger partial charge in [0.05, 0.1) is 12.1 Å². The van der Waals surface area contributed by atoms with Gasteiger partial charge in [0.1, 0.15) is 37.0 Å². The Morgan fingerprint density at radius 2 is 1.38 bits per heavy atom. The van der Waals surface area contributed by atoms with Gasteiger partial charge >= 0.3 is 11.9 Å². The Balaban J connectivity index is 2.67. The molecule has 0 bridgehead atoms. The minimum Gasteiger partial charge on any atom is -0.481 e. The number of ether oxygens (including phenoxy) is 3. The summed E-state index contributed by atoms with van der Waals surface area (Å²) in [6.45, 7) is 5.97. The van der Waals surface area contributed by atoms with Crippen molar-refractivity contribution < 1.29 is 53.5 Å². The first-order valence-corrected chi connectivity index (χ1v) is 19.9. The first-order valence-electron chi connectivity index (χ1n) is 19.9. The summed E-state index contributed by atoms with van der Waals surface area (Å²) in [5, 5.41) is 33.8. The summed E-state index contributed by atoms with van der Waals surface area (Å²) in [5.74, 6) is -3.79. The molecule has 1 saturated heterocycles. The van der Waals surface area contributed by atoms with Crippen molar-refractivity contribution in [2.45, 2.75) is 199 Å². The number of carboxylic acids is 1. The first kappa shape index (κ1) is 48.2. The second-order valence-electron chi connectivity index (χ2n) is 14.4. The predicted molar refractivity (Wildman–Crippen MR) is 199 cm³/mol. The average Bonchev–Trinajstić information content (AvgIpc) is 3.10. The molecule has 0 aliphatic carbocycles. The second-order valence-corrected chi connectivity index (χ2v) is 14.4. The highest BCUT2D eigenvalue weighted by Crippen LogP contribution is 2.25. The van der Waals surface area contributed by atoms with Crippen LogP contribution in [0.2, 0.25) is 0 Å². The van der Waals surface area contributed by atoms with Crippen molar-refractivity contribution in [3.8, 4) is 0 Å². The van der Waals surface area contributed by atoms with Crippen LogP contribution in [0, 0.1) is 0 Å². The number of esters is 1. The monoisotopic (exact) mass is 759 g/mol. The number of aliphatic carboxylic acids is 1. The van der Waals surface area contributed by atoms with Gasteiger partial charge in [-0.3, -0.25) is 24.0 Å². The highest BCUT2D eigenvalue weighted by molar-refractivity contribution is 5.89. The number of hydrogen-bond acceptors (Lipinski definition) is 11. The second kappa shape index (κ2) is 27.7. The molecule has 8 N–H and O–H groups in total. The molecule has 0 radical (unpaired) electrons. The molecule has 15 nitrogen and oxygen atoms in total. The zero-order chi connectivity index (χ0) is 39.8. The molecule has 1 aliphatic rings. The number of nitrogens with zero attached hydrogens (tertiary/aromatic N) is 1. The van der Waals surface area contributed by atoms with Crippen molar-refractivity contribution in [2.24, 2.45) is 11.5 Å². The van der Waals surface area contributed by atoms with Gasteiger partial charge in [0.25, 0.3) is 0 Å². The van der Waals surface area contributed by atoms with Crippen LogP contribution in [0.25, 0.3) is 0 Å². The van der Waals surface area contributed by atoms with Gasteiger partial charge in [0.2, 0.25) is 17.7 Å². The van der Waals surface area contributed by atoms with Crippen LogP contribution < -0.4 is 16.8 Å². The molecule has 0 aromatic carbocycles. The lowest BCUT2D eigenvalue weighted by Gasteiger charge is -2.44. The highest BCUT2D eigenvalue weighted by atomic mass is 16.6. The quantitative estimate of drug-likeness (QED) is 0.0456. The number of carbonyl (C=O) groups is 5. The number of rotatable bonds is 30. The molecule has 1 rings (SSSR count). The summed E-state index contributed by atoms with van der Waals surface area (Å²) in [6, 6.07) is -3.57. The van der Waals surface area contributed by atoms with E-state index in [2.05, 4.69) is 12.2 Å². The zero-order valence-corrected chi connectivity index (χ0v) is 32.7. The number of nitrogens with one attached hydrogen (secondary N) is 1. The van der Waals surface area contributed by atoms with Gasteiger partial charge in [-0.05, 0) is 26.2 Å². The van der Waals surface area contributed by atoms with Crippen LogP contribution in [0.5, 0.6) is 0 Å². The van der Waals surface area contributed by atoms with E-state index < -0.39 is 84.9 Å². The number of amides is 3. The molecular weight excluding hydrogens is 688 g/mol. The van der Waals surface area contributed by atoms with Gasteiger partial charge in [-0.2, -0.15) is 0 Å². The molecular formula is C38H70N4O11. The Bertz CT molecular complexity index is 1080. The lowest BCUT2D eigenvalue weighted by Crippen LogP contribution is -2.66. The lowest BCUT2D eigenvalue weighted by molar-refractivity contribution is -0.269. The molecule has 1 aliphatic heterocycles. The SMILES string of the molecule is CCCCCCCCCCCCCCCCCC(=O)OC[C@H]1O[C@H](O)[C@H](NC(C)=O)[C@@H](OC(C)CN(C(=O)C(N)CC)[C@@H](CCC(=O)O)C(N)=O)[C@@H]1O. The van der Waals surface area contributed by atoms with Crippen LogP contribution in [-0.4, -0.2) is 112 Å². The smallest absolute Gasteiger partial charge is 0.305 e. The van der Waals surface area contributed by atoms with E-state index in [1.807, 2.05) is 0 Å². The molecule has 15 heteroatoms. The maximum atomic E-state index is 13.2. The summed E-state index contributed by atoms with van der Waals surface area (Å²) in [6.07, 6.45) is 11.2. The Morgan fingerprint density at radius 1 is 0.849 bits per heavy atom. The van der Waals surface area contributed by atoms with Crippen LogP contribution in [0.3, 0.4) is 0 Å². The van der Waals surface area contributed by atoms with Crippen molar-refractivity contribution in [3.05, 3.63) is 0 Å². The number of aliphatic hydroxyl groups excluding tert-OH is 2. The van der Waals surface area contributed by atoms with E-state index in [0.29, 0.717) is 6.42 Å². The van der Waals surface area contributed by atoms with Crippen LogP contribution in [0.15, 0.2) is 0 Å². The summed E-state index contributed by atoms with van der Waals surface area (Å²) in [7, 11) is 0. The molecule has 0 aromatic rings. The number of primary amides is 1. The normalized spacial score (nSPS) is 21.7. The number of aliphatic hydroxyl groups is 2. The van der Waals surface area contributed by atoms with Crippen molar-refractivity contribution in [3.63, 3.8) is 0 Å². The molecule has 0 aromatic heterocycles. The van der Waals surface area contributed by atoms with Gasteiger partial charge in [0, 0.05) is 26.3 Å². The van der Waals surface area contributed by atoms with Gasteiger partial charge in [-0.1, -0.05) is 104 Å². The van der Waals surface area contributed by atoms with Gasteiger partial charge < -0.3 is 51.2 Å². The minimum absolute atomic E-state index is 0.196. The molecule has 0 spiro atoms. The number of hydrogen-bond donors (Lipinski definition) is 6. The van der Waals surface area contributed by atoms with Crippen molar-refractivity contribution in [2.75, 3.05) is 13.2 Å².